The summed E-state index contributed by atoms with van der Waals surface area (Å²) < 4.78 is 6.81. The van der Waals surface area contributed by atoms with E-state index in [4.69, 9.17) is 4.74 Å². The summed E-state index contributed by atoms with van der Waals surface area (Å²) >= 11 is 0. The van der Waals surface area contributed by atoms with Crippen LogP contribution in [0.15, 0.2) is 23.1 Å². The van der Waals surface area contributed by atoms with Gasteiger partial charge in [0.25, 0.3) is 5.56 Å². The van der Waals surface area contributed by atoms with Crippen LogP contribution in [0.25, 0.3) is 11.2 Å². The molecule has 0 bridgehead atoms. The second-order valence-electron chi connectivity index (χ2n) is 6.75. The number of piperidine rings is 1. The van der Waals surface area contributed by atoms with E-state index in [0.717, 1.165) is 6.42 Å². The van der Waals surface area contributed by atoms with Gasteiger partial charge in [-0.05, 0) is 38.3 Å². The second kappa shape index (κ2) is 8.94. The third kappa shape index (κ3) is 4.44. The first kappa shape index (κ1) is 19.3. The van der Waals surface area contributed by atoms with Crippen LogP contribution in [-0.4, -0.2) is 53.3 Å². The predicted molar refractivity (Wildman–Crippen MR) is 104 cm³/mol. The van der Waals surface area contributed by atoms with Crippen molar-refractivity contribution < 1.29 is 9.53 Å². The maximum Gasteiger partial charge on any atom is 0.294 e. The molecule has 2 aromatic heterocycles. The monoisotopic (exact) mass is 373 g/mol. The van der Waals surface area contributed by atoms with Gasteiger partial charge in [-0.15, -0.1) is 0 Å². The molecule has 0 radical (unpaired) electrons. The number of nitrogens with zero attached hydrogens (tertiary/aromatic N) is 4. The molecule has 1 N–H and O–H groups in total. The number of carbonyl (C=O) groups is 1. The van der Waals surface area contributed by atoms with Crippen LogP contribution in [0.2, 0.25) is 0 Å². The summed E-state index contributed by atoms with van der Waals surface area (Å²) in [5.74, 6) is 0.516. The second-order valence-corrected chi connectivity index (χ2v) is 6.75. The van der Waals surface area contributed by atoms with Gasteiger partial charge in [0.2, 0.25) is 5.91 Å². The highest BCUT2D eigenvalue weighted by atomic mass is 16.5. The number of carbonyl (C=O) groups excluding carboxylic acids is 1. The SMILES string of the molecule is CCOCCCNC(=O)C1CCN(c2nc3cccnc3n(C)c2=O)CC1. The Morgan fingerprint density at radius 2 is 2.15 bits per heavy atom. The number of aryl methyl sites for hydroxylation is 1. The maximum atomic E-state index is 12.7. The first-order chi connectivity index (χ1) is 13.1. The normalized spacial score (nSPS) is 15.3. The van der Waals surface area contributed by atoms with E-state index in [1.807, 2.05) is 24.0 Å². The molecule has 8 nitrogen and oxygen atoms in total. The number of hydrogen-bond donors (Lipinski definition) is 1. The average molecular weight is 373 g/mol. The molecule has 8 heteroatoms. The molecule has 1 fully saturated rings. The molecular weight excluding hydrogens is 346 g/mol. The van der Waals surface area contributed by atoms with Gasteiger partial charge in [0, 0.05) is 52.0 Å². The zero-order valence-corrected chi connectivity index (χ0v) is 16.0. The van der Waals surface area contributed by atoms with E-state index in [1.165, 1.54) is 4.57 Å². The van der Waals surface area contributed by atoms with Gasteiger partial charge in [-0.3, -0.25) is 14.2 Å². The summed E-state index contributed by atoms with van der Waals surface area (Å²) in [6.45, 7) is 5.25. The number of anilines is 1. The Bertz CT molecular complexity index is 843. The number of rotatable bonds is 7. The van der Waals surface area contributed by atoms with Crippen LogP contribution in [0.1, 0.15) is 26.2 Å². The number of ether oxygens (including phenoxy) is 1. The van der Waals surface area contributed by atoms with Crippen LogP contribution in [0.5, 0.6) is 0 Å². The molecule has 3 rings (SSSR count). The van der Waals surface area contributed by atoms with Crippen molar-refractivity contribution in [1.82, 2.24) is 19.9 Å². The van der Waals surface area contributed by atoms with E-state index in [1.54, 1.807) is 13.2 Å². The van der Waals surface area contributed by atoms with Crippen LogP contribution in [0.4, 0.5) is 5.82 Å². The van der Waals surface area contributed by atoms with Gasteiger partial charge in [-0.1, -0.05) is 0 Å². The van der Waals surface area contributed by atoms with Crippen molar-refractivity contribution in [3.8, 4) is 0 Å². The summed E-state index contributed by atoms with van der Waals surface area (Å²) in [5, 5.41) is 2.98. The number of nitrogens with one attached hydrogen (secondary N) is 1. The number of fused-ring (bicyclic) bond motifs is 1. The summed E-state index contributed by atoms with van der Waals surface area (Å²) in [4.78, 5) is 35.7. The molecule has 0 saturated carbocycles. The van der Waals surface area contributed by atoms with E-state index in [2.05, 4.69) is 15.3 Å². The van der Waals surface area contributed by atoms with Gasteiger partial charge >= 0.3 is 0 Å². The lowest BCUT2D eigenvalue weighted by Gasteiger charge is -2.31. The van der Waals surface area contributed by atoms with Crippen molar-refractivity contribution in [3.63, 3.8) is 0 Å². The van der Waals surface area contributed by atoms with Crippen molar-refractivity contribution in [2.24, 2.45) is 13.0 Å². The highest BCUT2D eigenvalue weighted by molar-refractivity contribution is 5.79. The molecule has 0 atom stereocenters. The molecular formula is C19H27N5O3. The van der Waals surface area contributed by atoms with E-state index in [-0.39, 0.29) is 17.4 Å². The molecule has 1 saturated heterocycles. The largest absolute Gasteiger partial charge is 0.382 e. The van der Waals surface area contributed by atoms with Crippen LogP contribution in [0.3, 0.4) is 0 Å². The lowest BCUT2D eigenvalue weighted by atomic mass is 9.96. The molecule has 2 aromatic rings. The van der Waals surface area contributed by atoms with Crippen LogP contribution >= 0.6 is 0 Å². The molecule has 146 valence electrons. The minimum absolute atomic E-state index is 0.0145. The third-order valence-corrected chi connectivity index (χ3v) is 4.94. The Balaban J connectivity index is 1.59. The van der Waals surface area contributed by atoms with Crippen molar-refractivity contribution in [2.45, 2.75) is 26.2 Å². The predicted octanol–water partition coefficient (Wildman–Crippen LogP) is 1.09. The Morgan fingerprint density at radius 3 is 2.89 bits per heavy atom. The zero-order valence-electron chi connectivity index (χ0n) is 16.0. The van der Waals surface area contributed by atoms with E-state index in [0.29, 0.717) is 62.7 Å². The smallest absolute Gasteiger partial charge is 0.294 e. The fourth-order valence-electron chi connectivity index (χ4n) is 3.38. The number of hydrogen-bond acceptors (Lipinski definition) is 6. The fraction of sp³-hybridized carbons (Fsp3) is 0.579. The summed E-state index contributed by atoms with van der Waals surface area (Å²) in [6.07, 6.45) is 3.91. The first-order valence-electron chi connectivity index (χ1n) is 9.54. The lowest BCUT2D eigenvalue weighted by molar-refractivity contribution is -0.125. The molecule has 0 aliphatic carbocycles. The van der Waals surface area contributed by atoms with Crippen LogP contribution in [-0.2, 0) is 16.6 Å². The highest BCUT2D eigenvalue weighted by Gasteiger charge is 2.27. The van der Waals surface area contributed by atoms with Gasteiger partial charge in [-0.2, -0.15) is 0 Å². The number of aromatic nitrogens is 3. The standard InChI is InChI=1S/C19H27N5O3/c1-3-27-13-5-10-21-18(25)14-7-11-24(12-8-14)17-19(26)23(2)16-15(22-17)6-4-9-20-16/h4,6,9,14H,3,5,7-8,10-13H2,1-2H3,(H,21,25). The Kier molecular flexibility index (Phi) is 6.39. The molecule has 3 heterocycles. The van der Waals surface area contributed by atoms with Gasteiger partial charge in [0.15, 0.2) is 11.5 Å². The van der Waals surface area contributed by atoms with E-state index in [9.17, 15) is 9.59 Å². The number of pyridine rings is 1. The minimum atomic E-state index is -0.153. The molecule has 0 spiro atoms. The minimum Gasteiger partial charge on any atom is -0.382 e. The molecule has 1 amide bonds. The summed E-state index contributed by atoms with van der Waals surface area (Å²) in [5.41, 5.74) is 1.12. The molecule has 0 unspecified atom stereocenters. The zero-order chi connectivity index (χ0) is 19.2. The van der Waals surface area contributed by atoms with Gasteiger partial charge < -0.3 is 15.0 Å². The Morgan fingerprint density at radius 1 is 1.37 bits per heavy atom. The van der Waals surface area contributed by atoms with Crippen molar-refractivity contribution >= 4 is 22.9 Å². The first-order valence-corrected chi connectivity index (χ1v) is 9.54. The molecule has 1 aliphatic rings. The Hall–Kier alpha value is -2.48. The highest BCUT2D eigenvalue weighted by Crippen LogP contribution is 2.21. The molecule has 27 heavy (non-hydrogen) atoms. The van der Waals surface area contributed by atoms with E-state index >= 15 is 0 Å². The van der Waals surface area contributed by atoms with Gasteiger partial charge in [0.1, 0.15) is 5.52 Å². The summed E-state index contributed by atoms with van der Waals surface area (Å²) in [6, 6.07) is 3.67. The van der Waals surface area contributed by atoms with Crippen molar-refractivity contribution in [2.75, 3.05) is 37.7 Å². The average Bonchev–Trinajstić information content (AvgIpc) is 2.70. The topological polar surface area (TPSA) is 89.3 Å². The van der Waals surface area contributed by atoms with Crippen LogP contribution in [0, 0.1) is 5.92 Å². The quantitative estimate of drug-likeness (QED) is 0.731. The van der Waals surface area contributed by atoms with Crippen LogP contribution < -0.4 is 15.8 Å². The van der Waals surface area contributed by atoms with Gasteiger partial charge in [0.05, 0.1) is 0 Å². The van der Waals surface area contributed by atoms with Crippen molar-refractivity contribution in [1.29, 1.82) is 0 Å². The lowest BCUT2D eigenvalue weighted by Crippen LogP contribution is -2.43. The number of amides is 1. The van der Waals surface area contributed by atoms with E-state index < -0.39 is 0 Å². The fourth-order valence-corrected chi connectivity index (χ4v) is 3.38. The third-order valence-electron chi connectivity index (χ3n) is 4.94. The summed E-state index contributed by atoms with van der Waals surface area (Å²) in [7, 11) is 1.71. The molecule has 1 aliphatic heterocycles. The van der Waals surface area contributed by atoms with Crippen molar-refractivity contribution in [3.05, 3.63) is 28.7 Å². The maximum absolute atomic E-state index is 12.7. The molecule has 0 aromatic carbocycles. The van der Waals surface area contributed by atoms with Gasteiger partial charge in [-0.25, -0.2) is 9.97 Å². The Labute approximate surface area is 158 Å².